The van der Waals surface area contributed by atoms with Gasteiger partial charge in [-0.3, -0.25) is 9.80 Å². The highest BCUT2D eigenvalue weighted by atomic mass is 16.6. The number of hydrogen-bond acceptors (Lipinski definition) is 5. The standard InChI is InChI=1S/C21H33N3O4/c1-14-9-10-16(13-15(14)2)22-17-23(18(25)27-20(3,4)5)11-12-24(17)19(26)28-21(6,7)8/h9-10,13,17,22H,11-12H2,1-8H3. The lowest BCUT2D eigenvalue weighted by Crippen LogP contribution is -2.51. The first-order chi connectivity index (χ1) is 12.8. The summed E-state index contributed by atoms with van der Waals surface area (Å²) in [5.41, 5.74) is 1.86. The molecule has 1 aromatic rings. The maximum absolute atomic E-state index is 12.7. The molecule has 0 unspecified atom stereocenters. The van der Waals surface area contributed by atoms with Gasteiger partial charge in [0.05, 0.1) is 0 Å². The molecule has 0 aromatic heterocycles. The third kappa shape index (κ3) is 5.78. The highest BCUT2D eigenvalue weighted by Gasteiger charge is 2.41. The van der Waals surface area contributed by atoms with Crippen molar-refractivity contribution in [1.29, 1.82) is 0 Å². The summed E-state index contributed by atoms with van der Waals surface area (Å²) in [6, 6.07) is 5.93. The number of carbonyl (C=O) groups excluding carboxylic acids is 2. The molecule has 0 aliphatic carbocycles. The number of ether oxygens (including phenoxy) is 2. The Bertz CT molecular complexity index is 698. The molecule has 0 spiro atoms. The normalized spacial score (nSPS) is 15.6. The van der Waals surface area contributed by atoms with Gasteiger partial charge < -0.3 is 14.8 Å². The van der Waals surface area contributed by atoms with Gasteiger partial charge in [0.15, 0.2) is 6.29 Å². The summed E-state index contributed by atoms with van der Waals surface area (Å²) in [5.74, 6) is 0. The fourth-order valence-electron chi connectivity index (χ4n) is 2.79. The molecule has 1 heterocycles. The molecule has 0 saturated carbocycles. The summed E-state index contributed by atoms with van der Waals surface area (Å²) in [4.78, 5) is 28.5. The molecule has 1 saturated heterocycles. The number of amides is 2. The largest absolute Gasteiger partial charge is 0.444 e. The van der Waals surface area contributed by atoms with E-state index in [1.54, 1.807) is 0 Å². The predicted octanol–water partition coefficient (Wildman–Crippen LogP) is 4.49. The third-order valence-corrected chi connectivity index (χ3v) is 4.23. The van der Waals surface area contributed by atoms with Crippen LogP contribution in [0.15, 0.2) is 18.2 Å². The molecule has 7 nitrogen and oxygen atoms in total. The minimum absolute atomic E-state index is 0.358. The number of anilines is 1. The van der Waals surface area contributed by atoms with E-state index in [9.17, 15) is 9.59 Å². The van der Waals surface area contributed by atoms with E-state index in [-0.39, 0.29) is 0 Å². The second-order valence-corrected chi connectivity index (χ2v) is 9.16. The van der Waals surface area contributed by atoms with Crippen LogP contribution in [0.2, 0.25) is 0 Å². The molecule has 1 fully saturated rings. The van der Waals surface area contributed by atoms with Gasteiger partial charge in [-0.25, -0.2) is 9.59 Å². The van der Waals surface area contributed by atoms with Gasteiger partial charge in [0.2, 0.25) is 0 Å². The molecule has 156 valence electrons. The van der Waals surface area contributed by atoms with E-state index in [0.717, 1.165) is 11.3 Å². The number of hydrogen-bond donors (Lipinski definition) is 1. The van der Waals surface area contributed by atoms with Crippen molar-refractivity contribution in [3.8, 4) is 0 Å². The van der Waals surface area contributed by atoms with E-state index >= 15 is 0 Å². The number of rotatable bonds is 2. The van der Waals surface area contributed by atoms with Gasteiger partial charge in [-0.1, -0.05) is 6.07 Å². The SMILES string of the molecule is Cc1ccc(NC2N(C(=O)OC(C)(C)C)CCN2C(=O)OC(C)(C)C)cc1C. The summed E-state index contributed by atoms with van der Waals surface area (Å²) < 4.78 is 11.1. The van der Waals surface area contributed by atoms with Gasteiger partial charge in [-0.15, -0.1) is 0 Å². The van der Waals surface area contributed by atoms with Crippen molar-refractivity contribution in [3.05, 3.63) is 29.3 Å². The molecular weight excluding hydrogens is 358 g/mol. The van der Waals surface area contributed by atoms with Gasteiger partial charge in [0, 0.05) is 18.8 Å². The van der Waals surface area contributed by atoms with Crippen LogP contribution in [0.25, 0.3) is 0 Å². The maximum Gasteiger partial charge on any atom is 0.413 e. The average molecular weight is 392 g/mol. The Balaban J connectivity index is 2.28. The molecule has 2 rings (SSSR count). The van der Waals surface area contributed by atoms with Crippen LogP contribution in [0.3, 0.4) is 0 Å². The lowest BCUT2D eigenvalue weighted by molar-refractivity contribution is 0.00489. The smallest absolute Gasteiger partial charge is 0.413 e. The summed E-state index contributed by atoms with van der Waals surface area (Å²) in [6.45, 7) is 15.7. The molecule has 0 radical (unpaired) electrons. The Morgan fingerprint density at radius 2 is 1.36 bits per heavy atom. The first-order valence-corrected chi connectivity index (χ1v) is 9.60. The third-order valence-electron chi connectivity index (χ3n) is 4.23. The highest BCUT2D eigenvalue weighted by molar-refractivity contribution is 5.74. The van der Waals surface area contributed by atoms with E-state index < -0.39 is 29.7 Å². The predicted molar refractivity (Wildman–Crippen MR) is 109 cm³/mol. The van der Waals surface area contributed by atoms with Crippen molar-refractivity contribution in [2.24, 2.45) is 0 Å². The van der Waals surface area contributed by atoms with Crippen molar-refractivity contribution < 1.29 is 19.1 Å². The lowest BCUT2D eigenvalue weighted by Gasteiger charge is -2.33. The van der Waals surface area contributed by atoms with Gasteiger partial charge in [-0.05, 0) is 78.6 Å². The molecule has 1 aliphatic rings. The Morgan fingerprint density at radius 1 is 0.893 bits per heavy atom. The molecular formula is C21H33N3O4. The summed E-state index contributed by atoms with van der Waals surface area (Å²) in [7, 11) is 0. The van der Waals surface area contributed by atoms with E-state index in [2.05, 4.69) is 5.32 Å². The van der Waals surface area contributed by atoms with E-state index in [4.69, 9.17) is 9.47 Å². The second-order valence-electron chi connectivity index (χ2n) is 9.16. The van der Waals surface area contributed by atoms with Gasteiger partial charge in [0.1, 0.15) is 11.2 Å². The van der Waals surface area contributed by atoms with E-state index in [0.29, 0.717) is 13.1 Å². The number of nitrogens with zero attached hydrogens (tertiary/aromatic N) is 2. The number of aryl methyl sites for hydroxylation is 2. The van der Waals surface area contributed by atoms with E-state index in [1.165, 1.54) is 15.4 Å². The fourth-order valence-corrected chi connectivity index (χ4v) is 2.79. The zero-order chi connectivity index (χ0) is 21.3. The summed E-state index contributed by atoms with van der Waals surface area (Å²) in [5, 5.41) is 3.29. The fraction of sp³-hybridized carbons (Fsp3) is 0.619. The van der Waals surface area contributed by atoms with E-state index in [1.807, 2.05) is 73.6 Å². The molecule has 0 bridgehead atoms. The van der Waals surface area contributed by atoms with Crippen LogP contribution in [0.5, 0.6) is 0 Å². The van der Waals surface area contributed by atoms with Gasteiger partial charge >= 0.3 is 12.2 Å². The average Bonchev–Trinajstić information content (AvgIpc) is 2.91. The Morgan fingerprint density at radius 3 is 1.75 bits per heavy atom. The minimum Gasteiger partial charge on any atom is -0.444 e. The Hall–Kier alpha value is -2.44. The van der Waals surface area contributed by atoms with Crippen LogP contribution in [-0.2, 0) is 9.47 Å². The Kier molecular flexibility index (Phi) is 6.16. The number of carbonyl (C=O) groups is 2. The first kappa shape index (κ1) is 21.9. The summed E-state index contributed by atoms with van der Waals surface area (Å²) in [6.07, 6.45) is -1.63. The molecule has 1 N–H and O–H groups in total. The molecule has 0 atom stereocenters. The lowest BCUT2D eigenvalue weighted by atomic mass is 10.1. The monoisotopic (exact) mass is 391 g/mol. The van der Waals surface area contributed by atoms with Crippen LogP contribution in [-0.4, -0.2) is 52.6 Å². The molecule has 28 heavy (non-hydrogen) atoms. The molecule has 1 aliphatic heterocycles. The van der Waals surface area contributed by atoms with Crippen molar-refractivity contribution in [3.63, 3.8) is 0 Å². The van der Waals surface area contributed by atoms with Crippen molar-refractivity contribution in [2.75, 3.05) is 18.4 Å². The van der Waals surface area contributed by atoms with Crippen molar-refractivity contribution >= 4 is 17.9 Å². The zero-order valence-electron chi connectivity index (χ0n) is 18.3. The zero-order valence-corrected chi connectivity index (χ0v) is 18.3. The quantitative estimate of drug-likeness (QED) is 0.804. The van der Waals surface area contributed by atoms with Crippen molar-refractivity contribution in [2.45, 2.75) is 72.9 Å². The highest BCUT2D eigenvalue weighted by Crippen LogP contribution is 2.24. The van der Waals surface area contributed by atoms with Gasteiger partial charge in [-0.2, -0.15) is 0 Å². The molecule has 2 amide bonds. The number of nitrogens with one attached hydrogen (secondary N) is 1. The van der Waals surface area contributed by atoms with Crippen LogP contribution >= 0.6 is 0 Å². The molecule has 7 heteroatoms. The number of benzene rings is 1. The maximum atomic E-state index is 12.7. The first-order valence-electron chi connectivity index (χ1n) is 9.60. The molecule has 1 aromatic carbocycles. The van der Waals surface area contributed by atoms with Crippen molar-refractivity contribution in [1.82, 2.24) is 9.80 Å². The van der Waals surface area contributed by atoms with Crippen LogP contribution in [0.1, 0.15) is 52.7 Å². The second kappa shape index (κ2) is 7.89. The summed E-state index contributed by atoms with van der Waals surface area (Å²) >= 11 is 0. The topological polar surface area (TPSA) is 71.1 Å². The van der Waals surface area contributed by atoms with Crippen LogP contribution in [0, 0.1) is 13.8 Å². The van der Waals surface area contributed by atoms with Crippen LogP contribution < -0.4 is 5.32 Å². The minimum atomic E-state index is -0.688. The Labute approximate surface area is 168 Å². The van der Waals surface area contributed by atoms with Crippen LogP contribution in [0.4, 0.5) is 15.3 Å². The van der Waals surface area contributed by atoms with Gasteiger partial charge in [0.25, 0.3) is 0 Å².